The highest BCUT2D eigenvalue weighted by Crippen LogP contribution is 2.27. The summed E-state index contributed by atoms with van der Waals surface area (Å²) >= 11 is 0. The first-order valence-electron chi connectivity index (χ1n) is 7.47. The van der Waals surface area contributed by atoms with Gasteiger partial charge in [0.1, 0.15) is 0 Å². The van der Waals surface area contributed by atoms with Crippen molar-refractivity contribution in [1.82, 2.24) is 4.72 Å². The van der Waals surface area contributed by atoms with Crippen LogP contribution in [0.2, 0.25) is 0 Å². The van der Waals surface area contributed by atoms with Crippen molar-refractivity contribution < 1.29 is 13.3 Å². The molecule has 2 aromatic carbocycles. The first-order chi connectivity index (χ1) is 11.1. The van der Waals surface area contributed by atoms with Crippen molar-refractivity contribution in [2.24, 2.45) is 0 Å². The van der Waals surface area contributed by atoms with Crippen LogP contribution in [0.1, 0.15) is 35.2 Å². The van der Waals surface area contributed by atoms with E-state index in [1.54, 1.807) is 6.92 Å². The molecule has 0 heterocycles. The molecule has 1 atom stereocenters. The third-order valence-corrected chi connectivity index (χ3v) is 5.62. The van der Waals surface area contributed by atoms with Gasteiger partial charge in [-0.3, -0.25) is 10.1 Å². The van der Waals surface area contributed by atoms with Crippen LogP contribution >= 0.6 is 0 Å². The highest BCUT2D eigenvalue weighted by atomic mass is 32.2. The molecule has 0 amide bonds. The topological polar surface area (TPSA) is 89.3 Å². The molecule has 0 fully saturated rings. The number of nitrogens with one attached hydrogen (secondary N) is 1. The molecule has 0 saturated heterocycles. The molecule has 0 aliphatic carbocycles. The number of sulfonamides is 1. The number of para-hydroxylation sites is 1. The van der Waals surface area contributed by atoms with Gasteiger partial charge >= 0.3 is 0 Å². The number of aryl methyl sites for hydroxylation is 3. The fourth-order valence-electron chi connectivity index (χ4n) is 2.64. The molecule has 0 spiro atoms. The fraction of sp³-hybridized carbons (Fsp3) is 0.294. The lowest BCUT2D eigenvalue weighted by Crippen LogP contribution is -2.28. The molecule has 0 aliphatic heterocycles. The van der Waals surface area contributed by atoms with Crippen molar-refractivity contribution >= 4 is 15.7 Å². The maximum absolute atomic E-state index is 12.6. The summed E-state index contributed by atoms with van der Waals surface area (Å²) in [4.78, 5) is 10.0. The molecule has 0 bridgehead atoms. The summed E-state index contributed by atoms with van der Waals surface area (Å²) in [6, 6.07) is 8.76. The average Bonchev–Trinajstić information content (AvgIpc) is 2.50. The number of hydrogen-bond acceptors (Lipinski definition) is 4. The average molecular weight is 348 g/mol. The van der Waals surface area contributed by atoms with E-state index in [9.17, 15) is 18.5 Å². The maximum atomic E-state index is 12.6. The lowest BCUT2D eigenvalue weighted by Gasteiger charge is -2.18. The number of nitro groups is 1. The van der Waals surface area contributed by atoms with Gasteiger partial charge in [0.25, 0.3) is 5.69 Å². The monoisotopic (exact) mass is 348 g/mol. The third-order valence-electron chi connectivity index (χ3n) is 4.03. The van der Waals surface area contributed by atoms with E-state index in [-0.39, 0.29) is 4.90 Å². The third kappa shape index (κ3) is 3.63. The van der Waals surface area contributed by atoms with Crippen LogP contribution in [0, 0.1) is 30.9 Å². The van der Waals surface area contributed by atoms with Gasteiger partial charge in [0.2, 0.25) is 10.0 Å². The molecule has 6 nitrogen and oxygen atoms in total. The Hall–Kier alpha value is -2.25. The normalized spacial score (nSPS) is 12.8. The van der Waals surface area contributed by atoms with Gasteiger partial charge in [-0.15, -0.1) is 0 Å². The summed E-state index contributed by atoms with van der Waals surface area (Å²) in [7, 11) is -4.01. The zero-order valence-corrected chi connectivity index (χ0v) is 14.8. The number of rotatable bonds is 5. The van der Waals surface area contributed by atoms with Crippen LogP contribution in [0.15, 0.2) is 41.3 Å². The summed E-state index contributed by atoms with van der Waals surface area (Å²) in [6.07, 6.45) is 0. The van der Waals surface area contributed by atoms with Crippen molar-refractivity contribution in [1.29, 1.82) is 0 Å². The second-order valence-corrected chi connectivity index (χ2v) is 7.54. The van der Waals surface area contributed by atoms with Crippen LogP contribution in [0.4, 0.5) is 5.69 Å². The Kier molecular flexibility index (Phi) is 5.05. The number of nitrogens with zero attached hydrogens (tertiary/aromatic N) is 1. The molecule has 2 aromatic rings. The Morgan fingerprint density at radius 2 is 1.62 bits per heavy atom. The van der Waals surface area contributed by atoms with Crippen LogP contribution in [0.25, 0.3) is 0 Å². The Labute approximate surface area is 141 Å². The molecule has 0 saturated carbocycles. The van der Waals surface area contributed by atoms with Gasteiger partial charge in [-0.1, -0.05) is 24.3 Å². The van der Waals surface area contributed by atoms with Crippen molar-refractivity contribution in [3.8, 4) is 0 Å². The highest BCUT2D eigenvalue weighted by Gasteiger charge is 2.27. The Morgan fingerprint density at radius 3 is 2.25 bits per heavy atom. The smallest absolute Gasteiger partial charge is 0.258 e. The maximum Gasteiger partial charge on any atom is 0.289 e. The summed E-state index contributed by atoms with van der Waals surface area (Å²) < 4.78 is 27.7. The fourth-order valence-corrected chi connectivity index (χ4v) is 4.04. The van der Waals surface area contributed by atoms with Crippen molar-refractivity contribution in [3.05, 3.63) is 68.8 Å². The van der Waals surface area contributed by atoms with Crippen LogP contribution < -0.4 is 4.72 Å². The molecule has 2 rings (SSSR count). The summed E-state index contributed by atoms with van der Waals surface area (Å²) in [5.74, 6) is 0. The Bertz CT molecular complexity index is 891. The van der Waals surface area contributed by atoms with Crippen molar-refractivity contribution in [2.75, 3.05) is 0 Å². The van der Waals surface area contributed by atoms with Crippen molar-refractivity contribution in [2.45, 2.75) is 38.6 Å². The standard InChI is InChI=1S/C17H20N2O4S/c1-11-9-13(3)15(10-12(11)2)14(4)18-24(22,23)17-8-6-5-7-16(17)19(20)21/h5-10,14,18H,1-4H3/t14-/m0/s1. The van der Waals surface area contributed by atoms with Crippen molar-refractivity contribution in [3.63, 3.8) is 0 Å². The Morgan fingerprint density at radius 1 is 1.04 bits per heavy atom. The highest BCUT2D eigenvalue weighted by molar-refractivity contribution is 7.89. The SMILES string of the molecule is Cc1cc(C)c([C@H](C)NS(=O)(=O)c2ccccc2[N+](=O)[O-])cc1C. The molecular weight excluding hydrogens is 328 g/mol. The minimum absolute atomic E-state index is 0.330. The molecule has 0 aromatic heterocycles. The molecule has 24 heavy (non-hydrogen) atoms. The van der Waals surface area contributed by atoms with Gasteiger partial charge < -0.3 is 0 Å². The molecule has 0 unspecified atom stereocenters. The lowest BCUT2D eigenvalue weighted by atomic mass is 9.97. The van der Waals surface area contributed by atoms with Crippen LogP contribution in [-0.4, -0.2) is 13.3 Å². The van der Waals surface area contributed by atoms with E-state index in [1.165, 1.54) is 24.3 Å². The number of benzene rings is 2. The van der Waals surface area contributed by atoms with Crippen LogP contribution in [0.5, 0.6) is 0 Å². The molecule has 0 aliphatic rings. The summed E-state index contributed by atoms with van der Waals surface area (Å²) in [6.45, 7) is 7.59. The zero-order valence-electron chi connectivity index (χ0n) is 14.0. The Balaban J connectivity index is 2.40. The van der Waals surface area contributed by atoms with Gasteiger partial charge in [0, 0.05) is 12.1 Å². The largest absolute Gasteiger partial charge is 0.289 e. The molecule has 128 valence electrons. The first kappa shape index (κ1) is 18.1. The second-order valence-electron chi connectivity index (χ2n) is 5.86. The van der Waals surface area contributed by atoms with E-state index in [4.69, 9.17) is 0 Å². The second kappa shape index (κ2) is 6.70. The summed E-state index contributed by atoms with van der Waals surface area (Å²) in [5, 5.41) is 11.1. The van der Waals surface area contributed by atoms with Gasteiger partial charge in [0.05, 0.1) is 4.92 Å². The van der Waals surface area contributed by atoms with Gasteiger partial charge in [0.15, 0.2) is 4.90 Å². The molecule has 7 heteroatoms. The first-order valence-corrected chi connectivity index (χ1v) is 8.95. The lowest BCUT2D eigenvalue weighted by molar-refractivity contribution is -0.387. The molecular formula is C17H20N2O4S. The van der Waals surface area contributed by atoms with Gasteiger partial charge in [-0.2, -0.15) is 0 Å². The number of hydrogen-bond donors (Lipinski definition) is 1. The number of nitro benzene ring substituents is 1. The van der Waals surface area contributed by atoms with Gasteiger partial charge in [-0.25, -0.2) is 13.1 Å². The minimum Gasteiger partial charge on any atom is -0.258 e. The molecule has 0 radical (unpaired) electrons. The predicted octanol–water partition coefficient (Wildman–Crippen LogP) is 3.56. The van der Waals surface area contributed by atoms with E-state index in [0.717, 1.165) is 22.3 Å². The van der Waals surface area contributed by atoms with Crippen LogP contribution in [0.3, 0.4) is 0 Å². The summed E-state index contributed by atoms with van der Waals surface area (Å²) in [5.41, 5.74) is 3.57. The minimum atomic E-state index is -4.01. The quantitative estimate of drug-likeness (QED) is 0.661. The van der Waals surface area contributed by atoms with E-state index in [1.807, 2.05) is 32.9 Å². The predicted molar refractivity (Wildman–Crippen MR) is 92.5 cm³/mol. The van der Waals surface area contributed by atoms with E-state index in [2.05, 4.69) is 4.72 Å². The van der Waals surface area contributed by atoms with E-state index in [0.29, 0.717) is 0 Å². The zero-order chi connectivity index (χ0) is 18.1. The molecule has 1 N–H and O–H groups in total. The van der Waals surface area contributed by atoms with E-state index >= 15 is 0 Å². The van der Waals surface area contributed by atoms with Gasteiger partial charge in [-0.05, 0) is 56.0 Å². The van der Waals surface area contributed by atoms with Crippen LogP contribution in [-0.2, 0) is 10.0 Å². The van der Waals surface area contributed by atoms with E-state index < -0.39 is 26.7 Å².